The van der Waals surface area contributed by atoms with Crippen LogP contribution in [0, 0.1) is 0 Å². The van der Waals surface area contributed by atoms with Crippen molar-refractivity contribution in [2.75, 3.05) is 50.8 Å². The van der Waals surface area contributed by atoms with E-state index in [-0.39, 0.29) is 6.10 Å². The Balaban J connectivity index is 1.83. The number of hydrogen-bond acceptors (Lipinski definition) is 4. The Bertz CT molecular complexity index is 408. The molecule has 1 aromatic rings. The van der Waals surface area contributed by atoms with E-state index in [1.165, 1.54) is 5.69 Å². The minimum absolute atomic E-state index is 0.151. The van der Waals surface area contributed by atoms with E-state index in [1.807, 2.05) is 25.1 Å². The molecule has 1 atom stereocenters. The maximum absolute atomic E-state index is 6.05. The van der Waals surface area contributed by atoms with Crippen LogP contribution in [0.15, 0.2) is 24.3 Å². The van der Waals surface area contributed by atoms with Gasteiger partial charge in [-0.25, -0.2) is 0 Å². The van der Waals surface area contributed by atoms with Gasteiger partial charge in [0.05, 0.1) is 6.10 Å². The Labute approximate surface area is 126 Å². The summed E-state index contributed by atoms with van der Waals surface area (Å²) in [6.07, 6.45) is 0.151. The van der Waals surface area contributed by atoms with Crippen LogP contribution in [0.2, 0.25) is 5.02 Å². The molecule has 4 nitrogen and oxygen atoms in total. The van der Waals surface area contributed by atoms with Gasteiger partial charge in [0.15, 0.2) is 0 Å². The van der Waals surface area contributed by atoms with Crippen LogP contribution in [0.5, 0.6) is 0 Å². The second kappa shape index (κ2) is 7.84. The fourth-order valence-electron chi connectivity index (χ4n) is 2.58. The lowest BCUT2D eigenvalue weighted by atomic mass is 10.2. The second-order valence-corrected chi connectivity index (χ2v) is 5.52. The first-order chi connectivity index (χ1) is 9.72. The number of hydrogen-bond donors (Lipinski definition) is 1. The number of ether oxygens (including phenoxy) is 1. The number of nitrogens with zero attached hydrogens (tertiary/aromatic N) is 2. The van der Waals surface area contributed by atoms with Gasteiger partial charge >= 0.3 is 0 Å². The zero-order chi connectivity index (χ0) is 14.4. The lowest BCUT2D eigenvalue weighted by molar-refractivity contribution is 0.0379. The molecule has 2 rings (SSSR count). The maximum Gasteiger partial charge on any atom is 0.0823 e. The largest absolute Gasteiger partial charge is 0.376 e. The van der Waals surface area contributed by atoms with Crippen molar-refractivity contribution in [1.82, 2.24) is 4.90 Å². The van der Waals surface area contributed by atoms with Gasteiger partial charge in [-0.15, -0.1) is 0 Å². The van der Waals surface area contributed by atoms with Gasteiger partial charge in [0, 0.05) is 56.6 Å². The molecule has 1 fully saturated rings. The van der Waals surface area contributed by atoms with Crippen LogP contribution >= 0.6 is 11.6 Å². The van der Waals surface area contributed by atoms with Gasteiger partial charge in [0.25, 0.3) is 0 Å². The van der Waals surface area contributed by atoms with Crippen LogP contribution < -0.4 is 10.6 Å². The lowest BCUT2D eigenvalue weighted by Crippen LogP contribution is -2.50. The van der Waals surface area contributed by atoms with E-state index in [0.717, 1.165) is 44.4 Å². The summed E-state index contributed by atoms with van der Waals surface area (Å²) in [5.74, 6) is 0. The monoisotopic (exact) mass is 297 g/mol. The zero-order valence-corrected chi connectivity index (χ0v) is 12.9. The molecule has 1 aliphatic rings. The molecule has 112 valence electrons. The van der Waals surface area contributed by atoms with Gasteiger partial charge in [0.1, 0.15) is 0 Å². The van der Waals surface area contributed by atoms with E-state index >= 15 is 0 Å². The van der Waals surface area contributed by atoms with E-state index in [2.05, 4.69) is 15.9 Å². The van der Waals surface area contributed by atoms with E-state index in [4.69, 9.17) is 22.1 Å². The molecule has 1 unspecified atom stereocenters. The Kier molecular flexibility index (Phi) is 6.10. The average Bonchev–Trinajstić information content (AvgIpc) is 2.47. The Morgan fingerprint density at radius 2 is 2.05 bits per heavy atom. The first-order valence-electron chi connectivity index (χ1n) is 7.27. The molecule has 1 heterocycles. The van der Waals surface area contributed by atoms with Crippen LogP contribution in [0.3, 0.4) is 0 Å². The number of benzene rings is 1. The predicted molar refractivity (Wildman–Crippen MR) is 84.6 cm³/mol. The van der Waals surface area contributed by atoms with Gasteiger partial charge in [-0.2, -0.15) is 0 Å². The number of nitrogens with two attached hydrogens (primary N) is 1. The van der Waals surface area contributed by atoms with Crippen molar-refractivity contribution in [2.45, 2.75) is 13.0 Å². The topological polar surface area (TPSA) is 41.7 Å². The first-order valence-corrected chi connectivity index (χ1v) is 7.65. The van der Waals surface area contributed by atoms with Crippen molar-refractivity contribution in [1.29, 1.82) is 0 Å². The number of rotatable bonds is 6. The molecule has 0 bridgehead atoms. The molecule has 0 saturated carbocycles. The molecule has 0 aliphatic carbocycles. The summed E-state index contributed by atoms with van der Waals surface area (Å²) in [6, 6.07) is 8.06. The molecular weight excluding hydrogens is 274 g/mol. The summed E-state index contributed by atoms with van der Waals surface area (Å²) < 4.78 is 5.62. The summed E-state index contributed by atoms with van der Waals surface area (Å²) >= 11 is 6.05. The molecule has 20 heavy (non-hydrogen) atoms. The third kappa shape index (κ3) is 4.35. The average molecular weight is 298 g/mol. The van der Waals surface area contributed by atoms with Crippen LogP contribution in [0.1, 0.15) is 6.92 Å². The standard InChI is InChI=1S/C15H24ClN3O/c1-2-20-15(11-17)12-18-6-8-19(9-7-18)14-5-3-4-13(16)10-14/h3-5,10,15H,2,6-9,11-12,17H2,1H3. The van der Waals surface area contributed by atoms with Crippen molar-refractivity contribution in [2.24, 2.45) is 5.73 Å². The molecule has 0 spiro atoms. The van der Waals surface area contributed by atoms with Crippen LogP contribution in [-0.2, 0) is 4.74 Å². The Morgan fingerprint density at radius 1 is 1.30 bits per heavy atom. The summed E-state index contributed by atoms with van der Waals surface area (Å²) in [7, 11) is 0. The zero-order valence-electron chi connectivity index (χ0n) is 12.1. The van der Waals surface area contributed by atoms with Crippen LogP contribution in [-0.4, -0.2) is 56.9 Å². The maximum atomic E-state index is 6.05. The smallest absolute Gasteiger partial charge is 0.0823 e. The predicted octanol–water partition coefficient (Wildman–Crippen LogP) is 1.83. The number of anilines is 1. The van der Waals surface area contributed by atoms with Crippen LogP contribution in [0.25, 0.3) is 0 Å². The molecule has 1 aromatic carbocycles. The van der Waals surface area contributed by atoms with E-state index in [9.17, 15) is 0 Å². The number of piperazine rings is 1. The number of halogens is 1. The Hall–Kier alpha value is -0.810. The van der Waals surface area contributed by atoms with Crippen molar-refractivity contribution < 1.29 is 4.74 Å². The summed E-state index contributed by atoms with van der Waals surface area (Å²) in [5.41, 5.74) is 6.94. The lowest BCUT2D eigenvalue weighted by Gasteiger charge is -2.37. The fourth-order valence-corrected chi connectivity index (χ4v) is 2.76. The third-order valence-electron chi connectivity index (χ3n) is 3.67. The highest BCUT2D eigenvalue weighted by molar-refractivity contribution is 6.30. The first kappa shape index (κ1) is 15.6. The third-order valence-corrected chi connectivity index (χ3v) is 3.91. The van der Waals surface area contributed by atoms with Crippen LogP contribution in [0.4, 0.5) is 5.69 Å². The quantitative estimate of drug-likeness (QED) is 0.870. The summed E-state index contributed by atoms with van der Waals surface area (Å²) in [5, 5.41) is 0.796. The van der Waals surface area contributed by atoms with Gasteiger partial charge in [0.2, 0.25) is 0 Å². The summed E-state index contributed by atoms with van der Waals surface area (Å²) in [4.78, 5) is 4.80. The molecule has 0 aromatic heterocycles. The molecule has 1 saturated heterocycles. The minimum atomic E-state index is 0.151. The van der Waals surface area contributed by atoms with E-state index in [0.29, 0.717) is 6.54 Å². The van der Waals surface area contributed by atoms with Crippen molar-refractivity contribution in [3.05, 3.63) is 29.3 Å². The van der Waals surface area contributed by atoms with Gasteiger partial charge in [-0.3, -0.25) is 4.90 Å². The van der Waals surface area contributed by atoms with Crippen molar-refractivity contribution >= 4 is 17.3 Å². The summed E-state index contributed by atoms with van der Waals surface area (Å²) in [6.45, 7) is 8.36. The normalized spacial score (nSPS) is 18.2. The highest BCUT2D eigenvalue weighted by Gasteiger charge is 2.20. The molecule has 0 amide bonds. The van der Waals surface area contributed by atoms with Crippen molar-refractivity contribution in [3.63, 3.8) is 0 Å². The minimum Gasteiger partial charge on any atom is -0.376 e. The Morgan fingerprint density at radius 3 is 2.65 bits per heavy atom. The molecule has 1 aliphatic heterocycles. The highest BCUT2D eigenvalue weighted by atomic mass is 35.5. The van der Waals surface area contributed by atoms with Gasteiger partial charge < -0.3 is 15.4 Å². The van der Waals surface area contributed by atoms with Gasteiger partial charge in [-0.05, 0) is 25.1 Å². The molecule has 2 N–H and O–H groups in total. The molecule has 0 radical (unpaired) electrons. The van der Waals surface area contributed by atoms with E-state index in [1.54, 1.807) is 0 Å². The van der Waals surface area contributed by atoms with E-state index < -0.39 is 0 Å². The SMILES string of the molecule is CCOC(CN)CN1CCN(c2cccc(Cl)c2)CC1. The van der Waals surface area contributed by atoms with Crippen molar-refractivity contribution in [3.8, 4) is 0 Å². The fraction of sp³-hybridized carbons (Fsp3) is 0.600. The second-order valence-electron chi connectivity index (χ2n) is 5.08. The molecular formula is C15H24ClN3O. The molecule has 5 heteroatoms. The highest BCUT2D eigenvalue weighted by Crippen LogP contribution is 2.20. The van der Waals surface area contributed by atoms with Gasteiger partial charge in [-0.1, -0.05) is 17.7 Å².